The first-order valence-electron chi connectivity index (χ1n) is 9.82. The lowest BCUT2D eigenvalue weighted by Crippen LogP contribution is -2.53. The molecule has 146 valence electrons. The van der Waals surface area contributed by atoms with Crippen molar-refractivity contribution in [3.63, 3.8) is 0 Å². The van der Waals surface area contributed by atoms with E-state index in [0.717, 1.165) is 0 Å². The molecule has 0 radical (unpaired) electrons. The molecule has 0 amide bonds. The molecule has 0 aromatic heterocycles. The van der Waals surface area contributed by atoms with Gasteiger partial charge in [-0.3, -0.25) is 0 Å². The van der Waals surface area contributed by atoms with E-state index in [-0.39, 0.29) is 0 Å². The topological polar surface area (TPSA) is 58.9 Å². The van der Waals surface area contributed by atoms with E-state index in [0.29, 0.717) is 45.3 Å². The van der Waals surface area contributed by atoms with Gasteiger partial charge in [-0.15, -0.1) is 0 Å². The first-order valence-corrected chi connectivity index (χ1v) is 9.82. The minimum atomic E-state index is -1.81. The number of rotatable bonds is 1. The Balaban J connectivity index is 1.77. The van der Waals surface area contributed by atoms with Crippen LogP contribution in [0.5, 0.6) is 23.0 Å². The normalized spacial score (nSPS) is 16.7. The number of ether oxygens (including phenoxy) is 2. The summed E-state index contributed by atoms with van der Waals surface area (Å²) in [5.74, 6) is 2.03. The van der Waals surface area contributed by atoms with Gasteiger partial charge < -0.3 is 19.7 Å². The van der Waals surface area contributed by atoms with Gasteiger partial charge in [-0.2, -0.15) is 0 Å². The molecule has 2 aliphatic heterocycles. The zero-order chi connectivity index (χ0) is 20.3. The van der Waals surface area contributed by atoms with Crippen molar-refractivity contribution in [3.8, 4) is 23.0 Å². The molecular formula is C26H18O4. The van der Waals surface area contributed by atoms with Crippen LogP contribution in [0.25, 0.3) is 0 Å². The van der Waals surface area contributed by atoms with E-state index < -0.39 is 11.2 Å². The lowest BCUT2D eigenvalue weighted by Gasteiger charge is -2.49. The van der Waals surface area contributed by atoms with Gasteiger partial charge in [0.05, 0.1) is 0 Å². The molecule has 0 aliphatic carbocycles. The summed E-state index contributed by atoms with van der Waals surface area (Å²) in [6, 6.07) is 29.1. The van der Waals surface area contributed by atoms with Gasteiger partial charge in [0.1, 0.15) is 23.0 Å². The van der Waals surface area contributed by atoms with E-state index in [2.05, 4.69) is 0 Å². The van der Waals surface area contributed by atoms with Crippen molar-refractivity contribution in [1.29, 1.82) is 0 Å². The van der Waals surface area contributed by atoms with Crippen molar-refractivity contribution in [2.75, 3.05) is 0 Å². The third kappa shape index (κ3) is 2.02. The summed E-state index contributed by atoms with van der Waals surface area (Å²) in [5.41, 5.74) is -1.63. The van der Waals surface area contributed by atoms with Crippen molar-refractivity contribution < 1.29 is 19.7 Å². The summed E-state index contributed by atoms with van der Waals surface area (Å²) in [5, 5.41) is 25.1. The van der Waals surface area contributed by atoms with Crippen LogP contribution in [0, 0.1) is 0 Å². The summed E-state index contributed by atoms with van der Waals surface area (Å²) >= 11 is 0. The fourth-order valence-corrected chi connectivity index (χ4v) is 4.72. The largest absolute Gasteiger partial charge is 0.457 e. The van der Waals surface area contributed by atoms with Crippen LogP contribution in [-0.4, -0.2) is 10.2 Å². The van der Waals surface area contributed by atoms with E-state index in [4.69, 9.17) is 9.47 Å². The van der Waals surface area contributed by atoms with Gasteiger partial charge in [0.25, 0.3) is 0 Å². The Morgan fingerprint density at radius 3 is 0.900 bits per heavy atom. The van der Waals surface area contributed by atoms with Gasteiger partial charge in [0, 0.05) is 22.3 Å². The van der Waals surface area contributed by atoms with E-state index >= 15 is 0 Å². The monoisotopic (exact) mass is 394 g/mol. The van der Waals surface area contributed by atoms with Crippen LogP contribution < -0.4 is 9.47 Å². The van der Waals surface area contributed by atoms with Gasteiger partial charge in [0.2, 0.25) is 0 Å². The average Bonchev–Trinajstić information content (AvgIpc) is 2.79. The zero-order valence-electron chi connectivity index (χ0n) is 15.9. The minimum absolute atomic E-state index is 0.498. The summed E-state index contributed by atoms with van der Waals surface area (Å²) in [6.07, 6.45) is 0. The smallest absolute Gasteiger partial charge is 0.159 e. The molecule has 0 unspecified atom stereocenters. The van der Waals surface area contributed by atoms with Gasteiger partial charge in [-0.25, -0.2) is 0 Å². The fraction of sp³-hybridized carbons (Fsp3) is 0.0769. The van der Waals surface area contributed by atoms with Gasteiger partial charge >= 0.3 is 0 Å². The highest BCUT2D eigenvalue weighted by Gasteiger charge is 2.61. The van der Waals surface area contributed by atoms with Crippen LogP contribution >= 0.6 is 0 Å². The Morgan fingerprint density at radius 2 is 0.633 bits per heavy atom. The molecule has 0 saturated carbocycles. The second kappa shape index (κ2) is 5.95. The molecule has 4 heteroatoms. The Morgan fingerprint density at radius 1 is 0.400 bits per heavy atom. The standard InChI is InChI=1S/C26H18O4/c27-25(17-9-1-5-13-21(17)29-22-14-6-2-10-18(22)25)26(28)19-11-3-7-15-23(19)30-24-16-8-4-12-20(24)26/h1-16,27-28H. The maximum Gasteiger partial charge on any atom is 0.159 e. The van der Waals surface area contributed by atoms with Crippen molar-refractivity contribution in [1.82, 2.24) is 0 Å². The number of hydrogen-bond acceptors (Lipinski definition) is 4. The van der Waals surface area contributed by atoms with Crippen LogP contribution in [0.2, 0.25) is 0 Å². The second-order valence-corrected chi connectivity index (χ2v) is 7.61. The average molecular weight is 394 g/mol. The van der Waals surface area contributed by atoms with Crippen molar-refractivity contribution in [3.05, 3.63) is 119 Å². The highest BCUT2D eigenvalue weighted by atomic mass is 16.5. The molecule has 0 bridgehead atoms. The van der Waals surface area contributed by atoms with Crippen LogP contribution in [0.4, 0.5) is 0 Å². The number of fused-ring (bicyclic) bond motifs is 4. The number of hydrogen-bond donors (Lipinski definition) is 2. The lowest BCUT2D eigenvalue weighted by molar-refractivity contribution is -0.121. The van der Waals surface area contributed by atoms with Gasteiger partial charge in [0.15, 0.2) is 11.2 Å². The number of aliphatic hydroxyl groups is 2. The summed E-state index contributed by atoms with van der Waals surface area (Å²) in [6.45, 7) is 0. The van der Waals surface area contributed by atoms with Crippen molar-refractivity contribution in [2.24, 2.45) is 0 Å². The lowest BCUT2D eigenvalue weighted by atomic mass is 9.64. The maximum atomic E-state index is 12.6. The Bertz CT molecular complexity index is 1100. The highest BCUT2D eigenvalue weighted by Crippen LogP contribution is 2.61. The zero-order valence-corrected chi connectivity index (χ0v) is 15.9. The number of benzene rings is 4. The minimum Gasteiger partial charge on any atom is -0.457 e. The molecule has 0 fully saturated rings. The molecule has 0 saturated heterocycles. The van der Waals surface area contributed by atoms with Crippen molar-refractivity contribution >= 4 is 0 Å². The third-order valence-corrected chi connectivity index (χ3v) is 6.07. The Kier molecular flexibility index (Phi) is 3.43. The molecule has 4 aromatic carbocycles. The van der Waals surface area contributed by atoms with Gasteiger partial charge in [-0.1, -0.05) is 72.8 Å². The fourth-order valence-electron chi connectivity index (χ4n) is 4.72. The predicted octanol–water partition coefficient (Wildman–Crippen LogP) is 5.07. The molecule has 4 nitrogen and oxygen atoms in total. The summed E-state index contributed by atoms with van der Waals surface area (Å²) in [7, 11) is 0. The van der Waals surface area contributed by atoms with Crippen molar-refractivity contribution in [2.45, 2.75) is 11.2 Å². The SMILES string of the molecule is OC1(C2(O)c3ccccc3Oc3ccccc32)c2ccccc2Oc2ccccc21. The Labute approximate surface area is 173 Å². The van der Waals surface area contributed by atoms with E-state index in [9.17, 15) is 10.2 Å². The first-order chi connectivity index (χ1) is 14.6. The van der Waals surface area contributed by atoms with Crippen LogP contribution in [-0.2, 0) is 11.2 Å². The van der Waals surface area contributed by atoms with E-state index in [1.807, 2.05) is 48.5 Å². The first kappa shape index (κ1) is 17.3. The molecule has 2 N–H and O–H groups in total. The molecule has 4 aromatic rings. The summed E-state index contributed by atoms with van der Waals surface area (Å²) < 4.78 is 12.2. The third-order valence-electron chi connectivity index (χ3n) is 6.07. The van der Waals surface area contributed by atoms with Gasteiger partial charge in [-0.05, 0) is 24.3 Å². The molecule has 0 atom stereocenters. The van der Waals surface area contributed by atoms with E-state index in [1.165, 1.54) is 0 Å². The molecule has 2 heterocycles. The van der Waals surface area contributed by atoms with Crippen LogP contribution in [0.15, 0.2) is 97.1 Å². The van der Waals surface area contributed by atoms with E-state index in [1.54, 1.807) is 48.5 Å². The molecule has 30 heavy (non-hydrogen) atoms. The molecule has 6 rings (SSSR count). The van der Waals surface area contributed by atoms with Crippen LogP contribution in [0.3, 0.4) is 0 Å². The molecule has 2 aliphatic rings. The Hall–Kier alpha value is -3.60. The molecular weight excluding hydrogens is 376 g/mol. The molecule has 0 spiro atoms. The predicted molar refractivity (Wildman–Crippen MR) is 112 cm³/mol. The summed E-state index contributed by atoms with van der Waals surface area (Å²) in [4.78, 5) is 0. The number of para-hydroxylation sites is 4. The maximum absolute atomic E-state index is 12.6. The highest BCUT2D eigenvalue weighted by molar-refractivity contribution is 5.66. The quantitative estimate of drug-likeness (QED) is 0.473. The second-order valence-electron chi connectivity index (χ2n) is 7.61. The van der Waals surface area contributed by atoms with Crippen LogP contribution in [0.1, 0.15) is 22.3 Å².